The number of anilines is 1. The van der Waals surface area contributed by atoms with Crippen molar-refractivity contribution in [3.8, 4) is 0 Å². The zero-order chi connectivity index (χ0) is 15.9. The van der Waals surface area contributed by atoms with Crippen LogP contribution in [0.3, 0.4) is 0 Å². The van der Waals surface area contributed by atoms with E-state index >= 15 is 0 Å². The zero-order valence-electron chi connectivity index (χ0n) is 14.5. The lowest BCUT2D eigenvalue weighted by atomic mass is 10.1. The van der Waals surface area contributed by atoms with E-state index in [2.05, 4.69) is 59.2 Å². The van der Waals surface area contributed by atoms with Crippen LogP contribution >= 0.6 is 24.0 Å². The first-order chi connectivity index (χ1) is 10.5. The maximum atomic E-state index is 5.99. The van der Waals surface area contributed by atoms with Crippen molar-refractivity contribution in [3.63, 3.8) is 0 Å². The van der Waals surface area contributed by atoms with E-state index in [1.165, 1.54) is 24.1 Å². The van der Waals surface area contributed by atoms with Crippen molar-refractivity contribution in [2.45, 2.75) is 20.3 Å². The second kappa shape index (κ2) is 10.1. The number of nitrogens with zero attached hydrogens (tertiary/aromatic N) is 3. The molecule has 5 nitrogen and oxygen atoms in total. The van der Waals surface area contributed by atoms with Gasteiger partial charge >= 0.3 is 0 Å². The molecule has 0 radical (unpaired) electrons. The molecule has 0 unspecified atom stereocenters. The molecule has 0 spiro atoms. The van der Waals surface area contributed by atoms with Gasteiger partial charge < -0.3 is 20.9 Å². The molecule has 6 heteroatoms. The average molecular weight is 431 g/mol. The van der Waals surface area contributed by atoms with Gasteiger partial charge in [-0.05, 0) is 63.7 Å². The number of benzene rings is 1. The largest absolute Gasteiger partial charge is 0.370 e. The number of rotatable bonds is 4. The van der Waals surface area contributed by atoms with Gasteiger partial charge in [0.2, 0.25) is 0 Å². The summed E-state index contributed by atoms with van der Waals surface area (Å²) in [7, 11) is 2.19. The fourth-order valence-corrected chi connectivity index (χ4v) is 2.87. The molecule has 2 rings (SSSR count). The van der Waals surface area contributed by atoms with Gasteiger partial charge in [-0.2, -0.15) is 0 Å². The minimum atomic E-state index is 0. The number of aliphatic imine (C=N–C) groups is 1. The molecule has 0 bridgehead atoms. The highest BCUT2D eigenvalue weighted by Crippen LogP contribution is 2.13. The van der Waals surface area contributed by atoms with Crippen LogP contribution in [0.2, 0.25) is 0 Å². The Morgan fingerprint density at radius 2 is 1.83 bits per heavy atom. The third-order valence-corrected chi connectivity index (χ3v) is 4.00. The van der Waals surface area contributed by atoms with E-state index in [0.717, 1.165) is 38.4 Å². The highest BCUT2D eigenvalue weighted by molar-refractivity contribution is 14.0. The van der Waals surface area contributed by atoms with E-state index < -0.39 is 0 Å². The summed E-state index contributed by atoms with van der Waals surface area (Å²) in [5, 5.41) is 3.18. The first kappa shape index (κ1) is 20.2. The quantitative estimate of drug-likeness (QED) is 0.437. The number of nitrogens with two attached hydrogens (primary N) is 1. The minimum Gasteiger partial charge on any atom is -0.370 e. The predicted octanol–water partition coefficient (Wildman–Crippen LogP) is 2.29. The molecular weight excluding hydrogens is 401 g/mol. The number of hydrogen-bond donors (Lipinski definition) is 2. The minimum absolute atomic E-state index is 0. The topological polar surface area (TPSA) is 56.9 Å². The second-order valence-corrected chi connectivity index (χ2v) is 6.27. The van der Waals surface area contributed by atoms with Gasteiger partial charge in [-0.25, -0.2) is 0 Å². The summed E-state index contributed by atoms with van der Waals surface area (Å²) in [4.78, 5) is 9.31. The molecule has 1 heterocycles. The monoisotopic (exact) mass is 431 g/mol. The molecule has 23 heavy (non-hydrogen) atoms. The lowest BCUT2D eigenvalue weighted by Crippen LogP contribution is -2.32. The van der Waals surface area contributed by atoms with Gasteiger partial charge in [0, 0.05) is 25.3 Å². The van der Waals surface area contributed by atoms with Crippen molar-refractivity contribution in [2.24, 2.45) is 10.7 Å². The van der Waals surface area contributed by atoms with Crippen molar-refractivity contribution < 1.29 is 0 Å². The fraction of sp³-hybridized carbons (Fsp3) is 0.588. The van der Waals surface area contributed by atoms with Crippen LogP contribution < -0.4 is 11.1 Å². The van der Waals surface area contributed by atoms with Crippen LogP contribution in [0, 0.1) is 13.8 Å². The molecule has 0 aromatic heterocycles. The third-order valence-electron chi connectivity index (χ3n) is 4.00. The van der Waals surface area contributed by atoms with Gasteiger partial charge in [-0.1, -0.05) is 6.07 Å². The summed E-state index contributed by atoms with van der Waals surface area (Å²) < 4.78 is 0. The Morgan fingerprint density at radius 3 is 2.52 bits per heavy atom. The van der Waals surface area contributed by atoms with Crippen LogP contribution in [0.25, 0.3) is 0 Å². The summed E-state index contributed by atoms with van der Waals surface area (Å²) in [5.74, 6) is 0.497. The first-order valence-corrected chi connectivity index (χ1v) is 8.09. The van der Waals surface area contributed by atoms with Gasteiger partial charge in [0.15, 0.2) is 5.96 Å². The summed E-state index contributed by atoms with van der Waals surface area (Å²) in [6.07, 6.45) is 1.23. The molecular formula is C17H30IN5. The lowest BCUT2D eigenvalue weighted by Gasteiger charge is -2.18. The maximum absolute atomic E-state index is 5.99. The maximum Gasteiger partial charge on any atom is 0.193 e. The third kappa shape index (κ3) is 7.50. The summed E-state index contributed by atoms with van der Waals surface area (Å²) >= 11 is 0. The van der Waals surface area contributed by atoms with Crippen molar-refractivity contribution in [3.05, 3.63) is 29.3 Å². The van der Waals surface area contributed by atoms with Gasteiger partial charge in [-0.15, -0.1) is 24.0 Å². The van der Waals surface area contributed by atoms with E-state index in [1.54, 1.807) is 0 Å². The molecule has 0 saturated carbocycles. The van der Waals surface area contributed by atoms with E-state index in [0.29, 0.717) is 5.96 Å². The predicted molar refractivity (Wildman–Crippen MR) is 110 cm³/mol. The smallest absolute Gasteiger partial charge is 0.193 e. The highest BCUT2D eigenvalue weighted by atomic mass is 127. The molecule has 3 N–H and O–H groups in total. The summed E-state index contributed by atoms with van der Waals surface area (Å²) in [6, 6.07) is 6.31. The van der Waals surface area contributed by atoms with Crippen molar-refractivity contribution in [2.75, 3.05) is 51.6 Å². The number of nitrogens with one attached hydrogen (secondary N) is 1. The lowest BCUT2D eigenvalue weighted by molar-refractivity contribution is 0.283. The van der Waals surface area contributed by atoms with Gasteiger partial charge in [0.05, 0.1) is 6.54 Å². The van der Waals surface area contributed by atoms with Gasteiger partial charge in [-0.3, -0.25) is 4.99 Å². The number of halogens is 1. The Balaban J connectivity index is 0.00000264. The van der Waals surface area contributed by atoms with Crippen LogP contribution in [0.1, 0.15) is 17.5 Å². The Bertz CT molecular complexity index is 497. The molecule has 0 aliphatic carbocycles. The Hall–Kier alpha value is -0.860. The molecule has 1 aromatic rings. The molecule has 1 aliphatic heterocycles. The van der Waals surface area contributed by atoms with E-state index in [1.807, 2.05) is 0 Å². The normalized spacial score (nSPS) is 17.4. The average Bonchev–Trinajstić information content (AvgIpc) is 2.62. The first-order valence-electron chi connectivity index (χ1n) is 8.09. The SMILES string of the molecule is Cc1cc(C)cc(NC(N)=NCCN2CCCN(C)CC2)c1.I. The Kier molecular flexibility index (Phi) is 8.86. The number of aryl methyl sites for hydroxylation is 2. The van der Waals surface area contributed by atoms with E-state index in [4.69, 9.17) is 5.73 Å². The molecule has 0 atom stereocenters. The van der Waals surface area contributed by atoms with Crippen LogP contribution in [0.4, 0.5) is 5.69 Å². The van der Waals surface area contributed by atoms with Crippen molar-refractivity contribution in [1.82, 2.24) is 9.80 Å². The molecule has 1 aliphatic rings. The standard InChI is InChI=1S/C17H29N5.HI/c1-14-11-15(2)13-16(12-14)20-17(18)19-5-8-22-7-4-6-21(3)9-10-22;/h11-13H,4-10H2,1-3H3,(H3,18,19,20);1H. The molecule has 130 valence electrons. The van der Waals surface area contributed by atoms with Crippen LogP contribution in [0.5, 0.6) is 0 Å². The van der Waals surface area contributed by atoms with Crippen molar-refractivity contribution in [1.29, 1.82) is 0 Å². The van der Waals surface area contributed by atoms with Crippen LogP contribution in [-0.2, 0) is 0 Å². The van der Waals surface area contributed by atoms with Crippen LogP contribution in [-0.4, -0.2) is 62.1 Å². The van der Waals surface area contributed by atoms with E-state index in [9.17, 15) is 0 Å². The Morgan fingerprint density at radius 1 is 1.13 bits per heavy atom. The molecule has 1 aromatic carbocycles. The fourth-order valence-electron chi connectivity index (χ4n) is 2.87. The number of likely N-dealkylation sites (N-methyl/N-ethyl adjacent to an activating group) is 1. The Labute approximate surface area is 157 Å². The van der Waals surface area contributed by atoms with Gasteiger partial charge in [0.1, 0.15) is 0 Å². The van der Waals surface area contributed by atoms with Crippen molar-refractivity contribution >= 4 is 35.6 Å². The number of guanidine groups is 1. The summed E-state index contributed by atoms with van der Waals surface area (Å²) in [5.41, 5.74) is 9.45. The van der Waals surface area contributed by atoms with Gasteiger partial charge in [0.25, 0.3) is 0 Å². The van der Waals surface area contributed by atoms with Crippen LogP contribution in [0.15, 0.2) is 23.2 Å². The zero-order valence-corrected chi connectivity index (χ0v) is 16.8. The highest BCUT2D eigenvalue weighted by Gasteiger charge is 2.11. The molecule has 0 amide bonds. The summed E-state index contributed by atoms with van der Waals surface area (Å²) in [6.45, 7) is 10.5. The number of hydrogen-bond acceptors (Lipinski definition) is 3. The second-order valence-electron chi connectivity index (χ2n) is 6.27. The van der Waals surface area contributed by atoms with E-state index in [-0.39, 0.29) is 24.0 Å². The molecule has 1 fully saturated rings. The molecule has 1 saturated heterocycles.